The Balaban J connectivity index is 2.32. The molecule has 6 heteroatoms. The molecule has 0 aliphatic rings. The van der Waals surface area contributed by atoms with E-state index in [1.165, 1.54) is 0 Å². The van der Waals surface area contributed by atoms with Gasteiger partial charge < -0.3 is 14.9 Å². The summed E-state index contributed by atoms with van der Waals surface area (Å²) in [5, 5.41) is 14.3. The van der Waals surface area contributed by atoms with Gasteiger partial charge in [-0.1, -0.05) is 12.1 Å². The van der Waals surface area contributed by atoms with Gasteiger partial charge in [-0.3, -0.25) is 0 Å². The molecule has 0 atom stereocenters. The molecule has 2 N–H and O–H groups in total. The Morgan fingerprint density at radius 2 is 2.36 bits per heavy atom. The highest BCUT2D eigenvalue weighted by Crippen LogP contribution is 2.00. The van der Waals surface area contributed by atoms with Crippen molar-refractivity contribution in [3.63, 3.8) is 0 Å². The number of rotatable bonds is 5. The minimum absolute atomic E-state index is 0.295. The van der Waals surface area contributed by atoms with Crippen LogP contribution in [0.1, 0.15) is 25.1 Å². The van der Waals surface area contributed by atoms with E-state index < -0.39 is 6.09 Å². The first kappa shape index (κ1) is 10.5. The zero-order valence-corrected chi connectivity index (χ0v) is 7.99. The van der Waals surface area contributed by atoms with Crippen LogP contribution in [0.3, 0.4) is 0 Å². The van der Waals surface area contributed by atoms with Gasteiger partial charge in [-0.15, -0.1) is 0 Å². The SMILES string of the molecule is CCCc1noc(CCNC(=O)O)n1. The summed E-state index contributed by atoms with van der Waals surface area (Å²) in [4.78, 5) is 14.2. The smallest absolute Gasteiger partial charge is 0.404 e. The second-order valence-corrected chi connectivity index (χ2v) is 2.84. The van der Waals surface area contributed by atoms with E-state index in [-0.39, 0.29) is 0 Å². The van der Waals surface area contributed by atoms with E-state index in [0.29, 0.717) is 24.7 Å². The minimum atomic E-state index is -1.04. The number of amides is 1. The van der Waals surface area contributed by atoms with Crippen molar-refractivity contribution in [2.45, 2.75) is 26.2 Å². The van der Waals surface area contributed by atoms with Crippen LogP contribution < -0.4 is 5.32 Å². The number of carboxylic acid groups (broad SMARTS) is 1. The van der Waals surface area contributed by atoms with E-state index in [4.69, 9.17) is 9.63 Å². The lowest BCUT2D eigenvalue weighted by molar-refractivity contribution is 0.194. The molecule has 1 aromatic rings. The fourth-order valence-electron chi connectivity index (χ4n) is 0.993. The highest BCUT2D eigenvalue weighted by molar-refractivity contribution is 5.64. The normalized spacial score (nSPS) is 10.1. The number of aryl methyl sites for hydroxylation is 1. The maximum atomic E-state index is 10.1. The summed E-state index contributed by atoms with van der Waals surface area (Å²) < 4.78 is 4.90. The molecule has 0 aliphatic carbocycles. The minimum Gasteiger partial charge on any atom is -0.465 e. The Bertz CT molecular complexity index is 298. The second-order valence-electron chi connectivity index (χ2n) is 2.84. The van der Waals surface area contributed by atoms with Crippen LogP contribution in [0.5, 0.6) is 0 Å². The first-order valence-electron chi connectivity index (χ1n) is 4.50. The van der Waals surface area contributed by atoms with Gasteiger partial charge in [-0.25, -0.2) is 4.79 Å². The molecule has 1 heterocycles. The van der Waals surface area contributed by atoms with E-state index in [1.807, 2.05) is 6.92 Å². The van der Waals surface area contributed by atoms with Gasteiger partial charge >= 0.3 is 6.09 Å². The molecule has 1 rings (SSSR count). The van der Waals surface area contributed by atoms with Crippen LogP contribution in [0.2, 0.25) is 0 Å². The Morgan fingerprint density at radius 1 is 1.57 bits per heavy atom. The molecule has 0 unspecified atom stereocenters. The van der Waals surface area contributed by atoms with Crippen LogP contribution in [-0.2, 0) is 12.8 Å². The molecule has 0 radical (unpaired) electrons. The number of nitrogens with zero attached hydrogens (tertiary/aromatic N) is 2. The summed E-state index contributed by atoms with van der Waals surface area (Å²) in [6.45, 7) is 2.32. The number of hydrogen-bond acceptors (Lipinski definition) is 4. The third kappa shape index (κ3) is 3.42. The zero-order chi connectivity index (χ0) is 10.4. The van der Waals surface area contributed by atoms with Crippen molar-refractivity contribution in [3.8, 4) is 0 Å². The van der Waals surface area contributed by atoms with Crippen LogP contribution in [0.4, 0.5) is 4.79 Å². The maximum absolute atomic E-state index is 10.1. The maximum Gasteiger partial charge on any atom is 0.404 e. The van der Waals surface area contributed by atoms with Crippen LogP contribution >= 0.6 is 0 Å². The Hall–Kier alpha value is -1.59. The average Bonchev–Trinajstić information content (AvgIpc) is 2.53. The van der Waals surface area contributed by atoms with Crippen LogP contribution in [0, 0.1) is 0 Å². The van der Waals surface area contributed by atoms with Gasteiger partial charge in [-0.05, 0) is 6.42 Å². The second kappa shape index (κ2) is 5.21. The molecule has 1 aromatic heterocycles. The topological polar surface area (TPSA) is 88.2 Å². The van der Waals surface area contributed by atoms with E-state index in [1.54, 1.807) is 0 Å². The molecule has 0 spiro atoms. The van der Waals surface area contributed by atoms with Gasteiger partial charge in [0.05, 0.1) is 0 Å². The molecular formula is C8H13N3O3. The van der Waals surface area contributed by atoms with Crippen molar-refractivity contribution >= 4 is 6.09 Å². The quantitative estimate of drug-likeness (QED) is 0.733. The average molecular weight is 199 g/mol. The molecule has 6 nitrogen and oxygen atoms in total. The highest BCUT2D eigenvalue weighted by atomic mass is 16.5. The van der Waals surface area contributed by atoms with E-state index in [9.17, 15) is 4.79 Å². The standard InChI is InChI=1S/C8H13N3O3/c1-2-3-6-10-7(14-11-6)4-5-9-8(12)13/h9H,2-5H2,1H3,(H,12,13). The van der Waals surface area contributed by atoms with E-state index in [2.05, 4.69) is 15.5 Å². The molecule has 0 aromatic carbocycles. The van der Waals surface area contributed by atoms with Crippen LogP contribution in [0.25, 0.3) is 0 Å². The van der Waals surface area contributed by atoms with Crippen molar-refractivity contribution < 1.29 is 14.4 Å². The van der Waals surface area contributed by atoms with Gasteiger partial charge in [0.25, 0.3) is 0 Å². The third-order valence-electron chi connectivity index (χ3n) is 1.60. The van der Waals surface area contributed by atoms with Crippen molar-refractivity contribution in [1.82, 2.24) is 15.5 Å². The molecular weight excluding hydrogens is 186 g/mol. The first-order valence-corrected chi connectivity index (χ1v) is 4.50. The van der Waals surface area contributed by atoms with Crippen molar-refractivity contribution in [2.75, 3.05) is 6.54 Å². The van der Waals surface area contributed by atoms with E-state index >= 15 is 0 Å². The van der Waals surface area contributed by atoms with Gasteiger partial charge in [-0.2, -0.15) is 4.98 Å². The van der Waals surface area contributed by atoms with Gasteiger partial charge in [0.2, 0.25) is 5.89 Å². The lowest BCUT2D eigenvalue weighted by Crippen LogP contribution is -2.23. The van der Waals surface area contributed by atoms with Crippen LogP contribution in [0.15, 0.2) is 4.52 Å². The van der Waals surface area contributed by atoms with Crippen molar-refractivity contribution in [2.24, 2.45) is 0 Å². The summed E-state index contributed by atoms with van der Waals surface area (Å²) in [5.74, 6) is 1.15. The zero-order valence-electron chi connectivity index (χ0n) is 7.99. The predicted molar refractivity (Wildman–Crippen MR) is 48.0 cm³/mol. The number of carbonyl (C=O) groups is 1. The molecule has 14 heavy (non-hydrogen) atoms. The van der Waals surface area contributed by atoms with E-state index in [0.717, 1.165) is 12.8 Å². The summed E-state index contributed by atoms with van der Waals surface area (Å²) in [7, 11) is 0. The summed E-state index contributed by atoms with van der Waals surface area (Å²) in [6.07, 6.45) is 1.14. The summed E-state index contributed by atoms with van der Waals surface area (Å²) in [5.41, 5.74) is 0. The largest absolute Gasteiger partial charge is 0.465 e. The summed E-state index contributed by atoms with van der Waals surface area (Å²) >= 11 is 0. The molecule has 0 saturated heterocycles. The first-order chi connectivity index (χ1) is 6.72. The van der Waals surface area contributed by atoms with Gasteiger partial charge in [0.1, 0.15) is 0 Å². The van der Waals surface area contributed by atoms with Crippen LogP contribution in [-0.4, -0.2) is 27.9 Å². The predicted octanol–water partition coefficient (Wildman–Crippen LogP) is 0.832. The fourth-order valence-corrected chi connectivity index (χ4v) is 0.993. The highest BCUT2D eigenvalue weighted by Gasteiger charge is 2.05. The molecule has 0 saturated carbocycles. The Morgan fingerprint density at radius 3 is 3.00 bits per heavy atom. The third-order valence-corrected chi connectivity index (χ3v) is 1.60. The number of aromatic nitrogens is 2. The Labute approximate surface area is 81.3 Å². The lowest BCUT2D eigenvalue weighted by Gasteiger charge is -1.94. The molecule has 78 valence electrons. The summed E-state index contributed by atoms with van der Waals surface area (Å²) in [6, 6.07) is 0. The molecule has 0 bridgehead atoms. The number of nitrogens with one attached hydrogen (secondary N) is 1. The fraction of sp³-hybridized carbons (Fsp3) is 0.625. The number of hydrogen-bond donors (Lipinski definition) is 2. The van der Waals surface area contributed by atoms with Crippen molar-refractivity contribution in [1.29, 1.82) is 0 Å². The Kier molecular flexibility index (Phi) is 3.90. The lowest BCUT2D eigenvalue weighted by atomic mass is 10.3. The van der Waals surface area contributed by atoms with Crippen molar-refractivity contribution in [3.05, 3.63) is 11.7 Å². The molecule has 0 fully saturated rings. The molecule has 1 amide bonds. The monoisotopic (exact) mass is 199 g/mol. The molecule has 0 aliphatic heterocycles. The van der Waals surface area contributed by atoms with Gasteiger partial charge in [0.15, 0.2) is 5.82 Å². The van der Waals surface area contributed by atoms with Gasteiger partial charge in [0, 0.05) is 19.4 Å².